The lowest BCUT2D eigenvalue weighted by Crippen LogP contribution is -2.39. The van der Waals surface area contributed by atoms with Gasteiger partial charge in [-0.05, 0) is 23.3 Å². The Morgan fingerprint density at radius 3 is 1.76 bits per heavy atom. The van der Waals surface area contributed by atoms with Gasteiger partial charge in [0.2, 0.25) is 0 Å². The normalized spacial score (nSPS) is 13.0. The summed E-state index contributed by atoms with van der Waals surface area (Å²) in [7, 11) is 0. The molecular weight excluding hydrogens is 368 g/mol. The molecule has 0 aromatic heterocycles. The number of aliphatic hydroxyl groups excluding tert-OH is 1. The number of para-hydroxylation sites is 2. The zero-order chi connectivity index (χ0) is 20.3. The molecule has 5 heteroatoms. The van der Waals surface area contributed by atoms with Gasteiger partial charge in [0.05, 0.1) is 26.4 Å². The first-order valence-electron chi connectivity index (χ1n) is 9.58. The van der Waals surface area contributed by atoms with Crippen molar-refractivity contribution in [2.45, 2.75) is 25.4 Å². The summed E-state index contributed by atoms with van der Waals surface area (Å²) in [6.07, 6.45) is -1.61. The van der Waals surface area contributed by atoms with Crippen LogP contribution in [0.5, 0.6) is 11.5 Å². The van der Waals surface area contributed by atoms with Crippen LogP contribution in [0.4, 0.5) is 0 Å². The third kappa shape index (κ3) is 6.91. The molecule has 3 rings (SSSR count). The van der Waals surface area contributed by atoms with Gasteiger partial charge in [-0.2, -0.15) is 0 Å². The first kappa shape index (κ1) is 20.9. The standard InChI is InChI=1S/C24H26O5/c25-21-13-7-8-14-23(21)29-24(18-28-16-20-11-5-2-6-12-20)22(26)17-27-15-19-9-3-1-4-10-19/h1-14,22,24-26H,15-18H2/t22-,24+/m0/s1. The Labute approximate surface area is 171 Å². The largest absolute Gasteiger partial charge is 0.504 e. The van der Waals surface area contributed by atoms with Gasteiger partial charge in [-0.3, -0.25) is 0 Å². The summed E-state index contributed by atoms with van der Waals surface area (Å²) in [5.41, 5.74) is 2.06. The summed E-state index contributed by atoms with van der Waals surface area (Å²) < 4.78 is 17.2. The third-order valence-corrected chi connectivity index (χ3v) is 4.37. The Bertz CT molecular complexity index is 838. The van der Waals surface area contributed by atoms with Crippen molar-refractivity contribution in [3.63, 3.8) is 0 Å². The van der Waals surface area contributed by atoms with Gasteiger partial charge in [0, 0.05) is 0 Å². The highest BCUT2D eigenvalue weighted by molar-refractivity contribution is 5.38. The molecule has 0 heterocycles. The summed E-state index contributed by atoms with van der Waals surface area (Å²) in [6.45, 7) is 1.03. The van der Waals surface area contributed by atoms with E-state index in [4.69, 9.17) is 14.2 Å². The Balaban J connectivity index is 1.57. The van der Waals surface area contributed by atoms with Crippen molar-refractivity contribution in [1.82, 2.24) is 0 Å². The quantitative estimate of drug-likeness (QED) is 0.516. The average molecular weight is 394 g/mol. The number of benzene rings is 3. The monoisotopic (exact) mass is 394 g/mol. The van der Waals surface area contributed by atoms with E-state index in [0.717, 1.165) is 11.1 Å². The molecule has 0 unspecified atom stereocenters. The highest BCUT2D eigenvalue weighted by atomic mass is 16.6. The summed E-state index contributed by atoms with van der Waals surface area (Å²) in [4.78, 5) is 0. The number of hydrogen-bond acceptors (Lipinski definition) is 5. The number of hydrogen-bond donors (Lipinski definition) is 2. The van der Waals surface area contributed by atoms with E-state index in [9.17, 15) is 10.2 Å². The zero-order valence-corrected chi connectivity index (χ0v) is 16.2. The molecular formula is C24H26O5. The minimum absolute atomic E-state index is 0.0120. The van der Waals surface area contributed by atoms with E-state index in [0.29, 0.717) is 19.0 Å². The Kier molecular flexibility index (Phi) is 8.07. The predicted molar refractivity (Wildman–Crippen MR) is 111 cm³/mol. The molecule has 29 heavy (non-hydrogen) atoms. The molecule has 0 aliphatic rings. The van der Waals surface area contributed by atoms with E-state index >= 15 is 0 Å². The number of rotatable bonds is 11. The van der Waals surface area contributed by atoms with Crippen LogP contribution in [0.25, 0.3) is 0 Å². The predicted octanol–water partition coefficient (Wildman–Crippen LogP) is 3.93. The Morgan fingerprint density at radius 1 is 0.655 bits per heavy atom. The zero-order valence-electron chi connectivity index (χ0n) is 16.2. The Morgan fingerprint density at radius 2 is 1.17 bits per heavy atom. The molecule has 2 atom stereocenters. The van der Waals surface area contributed by atoms with Crippen molar-refractivity contribution in [2.24, 2.45) is 0 Å². The van der Waals surface area contributed by atoms with Crippen molar-refractivity contribution >= 4 is 0 Å². The van der Waals surface area contributed by atoms with E-state index in [2.05, 4.69) is 0 Å². The van der Waals surface area contributed by atoms with Crippen LogP contribution in [-0.2, 0) is 22.7 Å². The second-order valence-corrected chi connectivity index (χ2v) is 6.69. The maximum atomic E-state index is 10.6. The molecule has 0 spiro atoms. The van der Waals surface area contributed by atoms with Crippen LogP contribution >= 0.6 is 0 Å². The lowest BCUT2D eigenvalue weighted by Gasteiger charge is -2.24. The topological polar surface area (TPSA) is 68.2 Å². The molecule has 5 nitrogen and oxygen atoms in total. The fourth-order valence-corrected chi connectivity index (χ4v) is 2.79. The third-order valence-electron chi connectivity index (χ3n) is 4.37. The SMILES string of the molecule is Oc1ccccc1O[C@H](COCc1ccccc1)[C@@H](O)COCc1ccccc1. The molecule has 3 aromatic rings. The second kappa shape index (κ2) is 11.2. The van der Waals surface area contributed by atoms with Crippen molar-refractivity contribution < 1.29 is 24.4 Å². The van der Waals surface area contributed by atoms with Gasteiger partial charge in [-0.1, -0.05) is 72.8 Å². The fourth-order valence-electron chi connectivity index (χ4n) is 2.79. The van der Waals surface area contributed by atoms with Crippen molar-refractivity contribution in [3.8, 4) is 11.5 Å². The van der Waals surface area contributed by atoms with Gasteiger partial charge in [-0.15, -0.1) is 0 Å². The van der Waals surface area contributed by atoms with Crippen LogP contribution in [0.3, 0.4) is 0 Å². The van der Waals surface area contributed by atoms with Crippen LogP contribution in [-0.4, -0.2) is 35.6 Å². The molecule has 0 aliphatic carbocycles. The van der Waals surface area contributed by atoms with E-state index in [1.54, 1.807) is 18.2 Å². The van der Waals surface area contributed by atoms with E-state index in [1.165, 1.54) is 6.07 Å². The molecule has 0 saturated heterocycles. The van der Waals surface area contributed by atoms with E-state index < -0.39 is 12.2 Å². The fraction of sp³-hybridized carbons (Fsp3) is 0.250. The van der Waals surface area contributed by atoms with E-state index in [1.807, 2.05) is 60.7 Å². The summed E-state index contributed by atoms with van der Waals surface area (Å²) in [6, 6.07) is 26.2. The summed E-state index contributed by atoms with van der Waals surface area (Å²) >= 11 is 0. The van der Waals surface area contributed by atoms with Gasteiger partial charge >= 0.3 is 0 Å². The average Bonchev–Trinajstić information content (AvgIpc) is 2.76. The van der Waals surface area contributed by atoms with Gasteiger partial charge in [-0.25, -0.2) is 0 Å². The number of phenolic OH excluding ortho intramolecular Hbond substituents is 1. The highest BCUT2D eigenvalue weighted by Gasteiger charge is 2.23. The number of ether oxygens (including phenoxy) is 3. The first-order chi connectivity index (χ1) is 14.2. The van der Waals surface area contributed by atoms with Gasteiger partial charge < -0.3 is 24.4 Å². The molecule has 2 N–H and O–H groups in total. The van der Waals surface area contributed by atoms with E-state index in [-0.39, 0.29) is 19.0 Å². The maximum Gasteiger partial charge on any atom is 0.161 e. The molecule has 0 aliphatic heterocycles. The minimum Gasteiger partial charge on any atom is -0.504 e. The number of aliphatic hydroxyl groups is 1. The summed E-state index contributed by atoms with van der Waals surface area (Å²) in [5.74, 6) is 0.306. The molecule has 0 bridgehead atoms. The number of phenols is 1. The second-order valence-electron chi connectivity index (χ2n) is 6.69. The van der Waals surface area contributed by atoms with Crippen LogP contribution in [0.15, 0.2) is 84.9 Å². The molecule has 0 fully saturated rings. The molecule has 0 saturated carbocycles. The van der Waals surface area contributed by atoms with Crippen molar-refractivity contribution in [2.75, 3.05) is 13.2 Å². The van der Waals surface area contributed by atoms with Crippen LogP contribution in [0, 0.1) is 0 Å². The smallest absolute Gasteiger partial charge is 0.161 e. The van der Waals surface area contributed by atoms with Crippen molar-refractivity contribution in [1.29, 1.82) is 0 Å². The molecule has 152 valence electrons. The van der Waals surface area contributed by atoms with Crippen LogP contribution in [0.1, 0.15) is 11.1 Å². The Hall–Kier alpha value is -2.86. The van der Waals surface area contributed by atoms with Crippen molar-refractivity contribution in [3.05, 3.63) is 96.1 Å². The minimum atomic E-state index is -0.922. The van der Waals surface area contributed by atoms with Crippen LogP contribution < -0.4 is 4.74 Å². The molecule has 0 amide bonds. The lowest BCUT2D eigenvalue weighted by atomic mass is 10.2. The van der Waals surface area contributed by atoms with Gasteiger partial charge in [0.1, 0.15) is 6.10 Å². The molecule has 3 aromatic carbocycles. The summed E-state index contributed by atoms with van der Waals surface area (Å²) in [5, 5.41) is 20.6. The van der Waals surface area contributed by atoms with Gasteiger partial charge in [0.25, 0.3) is 0 Å². The van der Waals surface area contributed by atoms with Gasteiger partial charge in [0.15, 0.2) is 17.6 Å². The van der Waals surface area contributed by atoms with Crippen LogP contribution in [0.2, 0.25) is 0 Å². The number of aromatic hydroxyl groups is 1. The molecule has 0 radical (unpaired) electrons. The maximum absolute atomic E-state index is 10.6. The first-order valence-corrected chi connectivity index (χ1v) is 9.58. The highest BCUT2D eigenvalue weighted by Crippen LogP contribution is 2.26. The lowest BCUT2D eigenvalue weighted by molar-refractivity contribution is -0.0657.